The number of hydrogen-bond donors (Lipinski definition) is 0. The third-order valence-electron chi connectivity index (χ3n) is 6.46. The Morgan fingerprint density at radius 3 is 1.45 bits per heavy atom. The van der Waals surface area contributed by atoms with E-state index in [1.165, 1.54) is 35.3 Å². The summed E-state index contributed by atoms with van der Waals surface area (Å²) in [5, 5.41) is 57.8. The molecule has 1 saturated carbocycles. The van der Waals surface area contributed by atoms with Crippen LogP contribution in [0.3, 0.4) is 0 Å². The molecule has 0 aliphatic heterocycles. The lowest BCUT2D eigenvalue weighted by Crippen LogP contribution is -1.90. The zero-order valence-electron chi connectivity index (χ0n) is 35.3. The third kappa shape index (κ3) is 22.7. The van der Waals surface area contributed by atoms with E-state index in [0.717, 1.165) is 17.3 Å². The second kappa shape index (κ2) is 26.9. The first-order valence-electron chi connectivity index (χ1n) is 17.9. The van der Waals surface area contributed by atoms with Crippen LogP contribution < -0.4 is 4.74 Å². The van der Waals surface area contributed by atoms with E-state index < -0.39 is 12.1 Å². The molecule has 1 atom stereocenters. The molecule has 0 amide bonds. The van der Waals surface area contributed by atoms with Gasteiger partial charge in [0.15, 0.2) is 5.15 Å². The molecule has 1 fully saturated rings. The number of halogens is 3. The first kappa shape index (κ1) is 49.2. The summed E-state index contributed by atoms with van der Waals surface area (Å²) < 4.78 is 41.9. The quantitative estimate of drug-likeness (QED) is 0.245. The van der Waals surface area contributed by atoms with E-state index in [1.807, 2.05) is 54.4 Å². The number of alkyl halides is 1. The molecule has 1 unspecified atom stereocenters. The van der Waals surface area contributed by atoms with Gasteiger partial charge in [-0.2, -0.15) is 4.39 Å². The first-order chi connectivity index (χ1) is 28.5. The zero-order valence-corrected chi connectivity index (χ0v) is 36.1. The topological polar surface area (TPSA) is 255 Å². The molecular formula is C32H51ClF2N24O. The van der Waals surface area contributed by atoms with Crippen molar-refractivity contribution in [2.24, 2.45) is 56.4 Å². The van der Waals surface area contributed by atoms with E-state index in [-0.39, 0.29) is 0 Å². The maximum atomic E-state index is 12.3. The largest absolute Gasteiger partial charge is 0.476 e. The summed E-state index contributed by atoms with van der Waals surface area (Å²) in [6.45, 7) is 5.89. The lowest BCUT2D eigenvalue weighted by Gasteiger charge is -1.91. The lowest BCUT2D eigenvalue weighted by atomic mass is 10.3. The van der Waals surface area contributed by atoms with Crippen LogP contribution in [0.1, 0.15) is 55.9 Å². The molecule has 0 aromatic carbocycles. The van der Waals surface area contributed by atoms with Crippen molar-refractivity contribution in [2.75, 3.05) is 6.61 Å². The Morgan fingerprint density at radius 2 is 1.20 bits per heavy atom. The molecule has 1 aliphatic rings. The molecule has 1 aliphatic carbocycles. The maximum absolute atomic E-state index is 12.3. The minimum Gasteiger partial charge on any atom is -0.476 e. The van der Waals surface area contributed by atoms with E-state index in [2.05, 4.69) is 82.4 Å². The monoisotopic (exact) mass is 860 g/mol. The standard InChI is InChI=1S/C6H9N3.C5H8FN3.C5H9N3O.C4H7N3.C3H4ClN3.C3H4FN3.2C3H5N3/c1-9-4-6(7-8-9)5-2-3-5;1-4(6)5-3-9(2)8-7-5;1-3-9-5-4-8(2)7-6-5;1-4-3-7(2)6-5-4;2*1-7-2-3(4)5-6-7;1-6-2-4-5-3-6;1-6-3-2-4-5-6/h4-5H,2-3H2,1H3;3-4H,1-2H3;4H,3H2,1-2H3;3H,1-2H3;2*2H,1H3;2*2-3H,1H3. The molecule has 9 rings (SSSR count). The average Bonchev–Trinajstić information content (AvgIpc) is 4.01. The minimum absolute atomic E-state index is 0.387. The van der Waals surface area contributed by atoms with Crippen molar-refractivity contribution in [3.63, 3.8) is 0 Å². The number of aryl methyl sites for hydroxylation is 9. The summed E-state index contributed by atoms with van der Waals surface area (Å²) in [6.07, 6.45) is 18.3. The fourth-order valence-electron chi connectivity index (χ4n) is 3.64. The molecule has 0 radical (unpaired) electrons. The highest BCUT2D eigenvalue weighted by Gasteiger charge is 2.26. The smallest absolute Gasteiger partial charge is 0.253 e. The summed E-state index contributed by atoms with van der Waals surface area (Å²) in [4.78, 5) is 0. The van der Waals surface area contributed by atoms with Crippen LogP contribution in [0.2, 0.25) is 5.15 Å². The fourth-order valence-corrected chi connectivity index (χ4v) is 3.82. The van der Waals surface area contributed by atoms with Gasteiger partial charge < -0.3 is 9.30 Å². The number of ether oxygens (including phenoxy) is 1. The first-order valence-corrected chi connectivity index (χ1v) is 18.2. The lowest BCUT2D eigenvalue weighted by molar-refractivity contribution is 0.326. The molecule has 0 bridgehead atoms. The number of nitrogens with zero attached hydrogens (tertiary/aromatic N) is 24. The van der Waals surface area contributed by atoms with E-state index in [1.54, 1.807) is 99.8 Å². The Hall–Kier alpha value is -6.93. The minimum atomic E-state index is -1.02. The summed E-state index contributed by atoms with van der Waals surface area (Å²) in [5.74, 6) is 0.779. The maximum Gasteiger partial charge on any atom is 0.253 e. The van der Waals surface area contributed by atoms with Crippen molar-refractivity contribution in [1.82, 2.24) is 120 Å². The third-order valence-corrected chi connectivity index (χ3v) is 6.63. The van der Waals surface area contributed by atoms with Gasteiger partial charge in [-0.25, -0.2) is 4.39 Å². The molecule has 28 heteroatoms. The Labute approximate surface area is 349 Å². The summed E-state index contributed by atoms with van der Waals surface area (Å²) >= 11 is 5.37. The predicted molar refractivity (Wildman–Crippen MR) is 210 cm³/mol. The van der Waals surface area contributed by atoms with E-state index in [0.29, 0.717) is 23.3 Å². The van der Waals surface area contributed by atoms with Crippen LogP contribution in [0, 0.1) is 12.9 Å². The molecule has 8 heterocycles. The van der Waals surface area contributed by atoms with Crippen LogP contribution in [-0.4, -0.2) is 126 Å². The molecule has 0 saturated heterocycles. The van der Waals surface area contributed by atoms with Crippen LogP contribution in [0.5, 0.6) is 5.88 Å². The van der Waals surface area contributed by atoms with E-state index in [4.69, 9.17) is 16.3 Å². The summed E-state index contributed by atoms with van der Waals surface area (Å²) in [6, 6.07) is 0. The Bertz CT molecular complexity index is 2020. The molecule has 0 spiro atoms. The van der Waals surface area contributed by atoms with Gasteiger partial charge in [-0.3, -0.25) is 32.8 Å². The highest BCUT2D eigenvalue weighted by atomic mass is 35.5. The summed E-state index contributed by atoms with van der Waals surface area (Å²) in [7, 11) is 14.3. The molecule has 326 valence electrons. The Kier molecular flexibility index (Phi) is 22.1. The molecule has 0 N–H and O–H groups in total. The van der Waals surface area contributed by atoms with Gasteiger partial charge in [0.25, 0.3) is 11.8 Å². The van der Waals surface area contributed by atoms with Gasteiger partial charge in [0.05, 0.1) is 49.0 Å². The van der Waals surface area contributed by atoms with Gasteiger partial charge >= 0.3 is 0 Å². The molecule has 25 nitrogen and oxygen atoms in total. The second-order valence-corrected chi connectivity index (χ2v) is 12.7. The van der Waals surface area contributed by atoms with Gasteiger partial charge in [0.1, 0.15) is 24.5 Å². The van der Waals surface area contributed by atoms with Crippen molar-refractivity contribution >= 4 is 11.6 Å². The highest BCUT2D eigenvalue weighted by Crippen LogP contribution is 2.38. The van der Waals surface area contributed by atoms with Crippen molar-refractivity contribution in [3.8, 4) is 5.88 Å². The van der Waals surface area contributed by atoms with Crippen molar-refractivity contribution in [2.45, 2.75) is 45.7 Å². The Balaban J connectivity index is 0.000000237. The predicted octanol–water partition coefficient (Wildman–Crippen LogP) is 1.93. The molecule has 8 aromatic rings. The highest BCUT2D eigenvalue weighted by molar-refractivity contribution is 6.29. The molecule has 8 aromatic heterocycles. The fraction of sp³-hybridized carbons (Fsp3) is 0.500. The zero-order chi connectivity index (χ0) is 44.5. The number of rotatable bonds is 4. The summed E-state index contributed by atoms with van der Waals surface area (Å²) in [5.41, 5.74) is 2.51. The van der Waals surface area contributed by atoms with E-state index in [9.17, 15) is 8.78 Å². The van der Waals surface area contributed by atoms with Crippen LogP contribution in [0.15, 0.2) is 62.2 Å². The van der Waals surface area contributed by atoms with Gasteiger partial charge in [0.2, 0.25) is 0 Å². The number of hydrogen-bond acceptors (Lipinski definition) is 17. The van der Waals surface area contributed by atoms with E-state index >= 15 is 0 Å². The van der Waals surface area contributed by atoms with Crippen LogP contribution >= 0.6 is 11.6 Å². The number of aromatic nitrogens is 24. The Morgan fingerprint density at radius 1 is 0.650 bits per heavy atom. The van der Waals surface area contributed by atoms with Gasteiger partial charge in [-0.15, -0.1) is 35.7 Å². The van der Waals surface area contributed by atoms with Crippen LogP contribution in [0.25, 0.3) is 0 Å². The van der Waals surface area contributed by atoms with Gasteiger partial charge in [0, 0.05) is 80.9 Å². The van der Waals surface area contributed by atoms with Crippen LogP contribution in [0.4, 0.5) is 8.78 Å². The molecular weight excluding hydrogens is 810 g/mol. The van der Waals surface area contributed by atoms with Gasteiger partial charge in [-0.1, -0.05) is 58.3 Å². The van der Waals surface area contributed by atoms with Gasteiger partial charge in [-0.05, 0) is 33.6 Å². The molecule has 60 heavy (non-hydrogen) atoms. The normalized spacial score (nSPS) is 11.3. The average molecular weight is 861 g/mol. The van der Waals surface area contributed by atoms with Crippen molar-refractivity contribution in [1.29, 1.82) is 0 Å². The van der Waals surface area contributed by atoms with Crippen molar-refractivity contribution < 1.29 is 13.5 Å². The van der Waals surface area contributed by atoms with Crippen LogP contribution in [-0.2, 0) is 56.4 Å². The second-order valence-electron chi connectivity index (χ2n) is 12.4. The SMILES string of the molecule is CC(F)c1cn(C)nn1.CCOc1cn(C)nn1.Cc1cn(C)nn1.Cn1cc(C2CC2)nn1.Cn1cc(Cl)nn1.Cn1cc(F)nn1.Cn1ccnn1.Cn1cnnc1. The van der Waals surface area contributed by atoms with Crippen molar-refractivity contribution in [3.05, 3.63) is 90.4 Å².